The zero-order valence-corrected chi connectivity index (χ0v) is 10.9. The van der Waals surface area contributed by atoms with Gasteiger partial charge in [0.15, 0.2) is 0 Å². The summed E-state index contributed by atoms with van der Waals surface area (Å²) in [5, 5.41) is 10.9. The maximum absolute atomic E-state index is 11.7. The number of nitrogens with zero attached hydrogens (tertiary/aromatic N) is 3. The van der Waals surface area contributed by atoms with Crippen molar-refractivity contribution in [2.24, 2.45) is 0 Å². The van der Waals surface area contributed by atoms with Gasteiger partial charge < -0.3 is 11.1 Å². The van der Waals surface area contributed by atoms with Gasteiger partial charge in [0.05, 0.1) is 11.8 Å². The van der Waals surface area contributed by atoms with Crippen molar-refractivity contribution in [1.82, 2.24) is 15.3 Å². The lowest BCUT2D eigenvalue weighted by molar-refractivity contribution is 0.0958. The molecule has 0 fully saturated rings. The van der Waals surface area contributed by atoms with Gasteiger partial charge in [-0.3, -0.25) is 4.79 Å². The summed E-state index contributed by atoms with van der Waals surface area (Å²) in [4.78, 5) is 19.8. The Hall–Kier alpha value is -2.94. The minimum atomic E-state index is -0.281. The Bertz CT molecular complexity index is 673. The molecular weight excluding hydrogens is 254 g/mol. The van der Waals surface area contributed by atoms with Gasteiger partial charge in [-0.15, -0.1) is 0 Å². The van der Waals surface area contributed by atoms with Crippen LogP contribution < -0.4 is 11.1 Å². The van der Waals surface area contributed by atoms with Crippen LogP contribution in [0, 0.1) is 18.3 Å². The van der Waals surface area contributed by atoms with E-state index in [-0.39, 0.29) is 18.4 Å². The molecule has 0 unspecified atom stereocenters. The lowest BCUT2D eigenvalue weighted by Crippen LogP contribution is -2.23. The summed E-state index contributed by atoms with van der Waals surface area (Å²) in [5.41, 5.74) is 8.57. The zero-order chi connectivity index (χ0) is 14.5. The van der Waals surface area contributed by atoms with Crippen molar-refractivity contribution in [1.29, 1.82) is 5.26 Å². The van der Waals surface area contributed by atoms with Gasteiger partial charge in [0.2, 0.25) is 5.95 Å². The number of carbonyl (C=O) groups is 1. The number of nitrogens with one attached hydrogen (secondary N) is 1. The second kappa shape index (κ2) is 5.80. The van der Waals surface area contributed by atoms with Crippen LogP contribution in [0.4, 0.5) is 5.95 Å². The van der Waals surface area contributed by atoms with Gasteiger partial charge in [-0.1, -0.05) is 12.1 Å². The average Bonchev–Trinajstić information content (AvgIpc) is 2.47. The molecule has 6 heteroatoms. The lowest BCUT2D eigenvalue weighted by Gasteiger charge is -2.06. The molecule has 0 atom stereocenters. The third kappa shape index (κ3) is 2.90. The molecule has 100 valence electrons. The largest absolute Gasteiger partial charge is 0.368 e. The fraction of sp³-hybridized carbons (Fsp3) is 0.143. The van der Waals surface area contributed by atoms with E-state index in [0.717, 1.165) is 16.8 Å². The van der Waals surface area contributed by atoms with Crippen molar-refractivity contribution in [3.63, 3.8) is 0 Å². The summed E-state index contributed by atoms with van der Waals surface area (Å²) >= 11 is 0. The highest BCUT2D eigenvalue weighted by atomic mass is 16.1. The Labute approximate surface area is 116 Å². The van der Waals surface area contributed by atoms with Gasteiger partial charge in [-0.2, -0.15) is 5.26 Å². The molecule has 0 saturated carbocycles. The molecular formula is C14H13N5O. The second-order valence-electron chi connectivity index (χ2n) is 4.18. The molecule has 2 aromatic rings. The number of nitriles is 1. The van der Waals surface area contributed by atoms with E-state index in [2.05, 4.69) is 15.3 Å². The number of hydrogen-bond acceptors (Lipinski definition) is 5. The van der Waals surface area contributed by atoms with Crippen molar-refractivity contribution in [3.8, 4) is 17.3 Å². The van der Waals surface area contributed by atoms with Gasteiger partial charge in [0, 0.05) is 17.3 Å². The second-order valence-corrected chi connectivity index (χ2v) is 4.18. The van der Waals surface area contributed by atoms with E-state index in [1.54, 1.807) is 30.5 Å². The first-order valence-electron chi connectivity index (χ1n) is 5.96. The van der Waals surface area contributed by atoms with Crippen LogP contribution >= 0.6 is 0 Å². The highest BCUT2D eigenvalue weighted by Crippen LogP contribution is 2.21. The van der Waals surface area contributed by atoms with Crippen LogP contribution in [0.5, 0.6) is 0 Å². The molecule has 1 amide bonds. The van der Waals surface area contributed by atoms with Gasteiger partial charge in [-0.25, -0.2) is 9.97 Å². The molecule has 0 spiro atoms. The predicted octanol–water partition coefficient (Wildman–Crippen LogP) is 1.29. The predicted molar refractivity (Wildman–Crippen MR) is 74.6 cm³/mol. The third-order valence-corrected chi connectivity index (χ3v) is 2.74. The normalized spacial score (nSPS) is 9.80. The van der Waals surface area contributed by atoms with Crippen molar-refractivity contribution < 1.29 is 4.79 Å². The molecule has 0 aliphatic rings. The van der Waals surface area contributed by atoms with E-state index >= 15 is 0 Å². The number of benzene rings is 1. The number of hydrogen-bond donors (Lipinski definition) is 2. The van der Waals surface area contributed by atoms with E-state index in [1.807, 2.05) is 13.0 Å². The van der Waals surface area contributed by atoms with Crippen molar-refractivity contribution in [2.75, 3.05) is 12.3 Å². The lowest BCUT2D eigenvalue weighted by atomic mass is 10.1. The Balaban J connectivity index is 2.26. The fourth-order valence-electron chi connectivity index (χ4n) is 1.75. The third-order valence-electron chi connectivity index (χ3n) is 2.74. The van der Waals surface area contributed by atoms with E-state index in [4.69, 9.17) is 11.0 Å². The van der Waals surface area contributed by atoms with Gasteiger partial charge in [0.1, 0.15) is 6.54 Å². The minimum absolute atomic E-state index is 0.0118. The van der Waals surface area contributed by atoms with E-state index in [9.17, 15) is 4.79 Å². The number of nitrogens with two attached hydrogens (primary N) is 1. The van der Waals surface area contributed by atoms with Crippen LogP contribution in [-0.2, 0) is 0 Å². The quantitative estimate of drug-likeness (QED) is 0.815. The number of aromatic nitrogens is 2. The van der Waals surface area contributed by atoms with Gasteiger partial charge >= 0.3 is 0 Å². The Morgan fingerprint density at radius 3 is 2.75 bits per heavy atom. The molecule has 0 bridgehead atoms. The molecule has 1 aromatic carbocycles. The fourth-order valence-corrected chi connectivity index (χ4v) is 1.75. The van der Waals surface area contributed by atoms with Crippen LogP contribution in [0.25, 0.3) is 11.3 Å². The summed E-state index contributed by atoms with van der Waals surface area (Å²) in [6.45, 7) is 1.88. The zero-order valence-electron chi connectivity index (χ0n) is 10.9. The van der Waals surface area contributed by atoms with Gasteiger partial charge in [-0.05, 0) is 24.6 Å². The summed E-state index contributed by atoms with van der Waals surface area (Å²) in [6, 6.07) is 8.79. The molecule has 20 heavy (non-hydrogen) atoms. The van der Waals surface area contributed by atoms with Gasteiger partial charge in [0.25, 0.3) is 5.91 Å². The van der Waals surface area contributed by atoms with Crippen LogP contribution in [-0.4, -0.2) is 22.4 Å². The van der Waals surface area contributed by atoms with Crippen LogP contribution in [0.15, 0.2) is 30.5 Å². The molecule has 0 aliphatic heterocycles. The highest BCUT2D eigenvalue weighted by molar-refractivity contribution is 5.94. The molecule has 0 saturated heterocycles. The van der Waals surface area contributed by atoms with Crippen molar-refractivity contribution in [2.45, 2.75) is 6.92 Å². The molecule has 0 radical (unpaired) electrons. The minimum Gasteiger partial charge on any atom is -0.368 e. The highest BCUT2D eigenvalue weighted by Gasteiger charge is 2.08. The Morgan fingerprint density at radius 1 is 1.40 bits per heavy atom. The molecule has 0 aliphatic carbocycles. The Kier molecular flexibility index (Phi) is 3.91. The van der Waals surface area contributed by atoms with Crippen LogP contribution in [0.3, 0.4) is 0 Å². The maximum Gasteiger partial charge on any atom is 0.252 e. The van der Waals surface area contributed by atoms with E-state index < -0.39 is 0 Å². The summed E-state index contributed by atoms with van der Waals surface area (Å²) in [6.07, 6.45) is 1.66. The number of amides is 1. The van der Waals surface area contributed by atoms with Crippen molar-refractivity contribution in [3.05, 3.63) is 41.6 Å². The number of nitrogen functional groups attached to an aromatic ring is 1. The van der Waals surface area contributed by atoms with Crippen LogP contribution in [0.2, 0.25) is 0 Å². The molecule has 2 rings (SSSR count). The molecule has 6 nitrogen and oxygen atoms in total. The first-order valence-corrected chi connectivity index (χ1v) is 5.96. The Morgan fingerprint density at radius 2 is 2.10 bits per heavy atom. The molecule has 3 N–H and O–H groups in total. The number of carbonyl (C=O) groups excluding carboxylic acids is 1. The van der Waals surface area contributed by atoms with Crippen LogP contribution in [0.1, 0.15) is 15.9 Å². The smallest absolute Gasteiger partial charge is 0.252 e. The first-order chi connectivity index (χ1) is 9.61. The number of rotatable bonds is 3. The number of aryl methyl sites for hydroxylation is 1. The monoisotopic (exact) mass is 267 g/mol. The topological polar surface area (TPSA) is 105 Å². The summed E-state index contributed by atoms with van der Waals surface area (Å²) < 4.78 is 0. The SMILES string of the molecule is Cc1cnc(N)nc1-c1ccc(C(=O)NCC#N)cc1. The first kappa shape index (κ1) is 13.5. The number of anilines is 1. The molecule has 1 aromatic heterocycles. The standard InChI is InChI=1S/C14H13N5O/c1-9-8-18-14(16)19-12(9)10-2-4-11(5-3-10)13(20)17-7-6-15/h2-5,8H,7H2,1H3,(H,17,20)(H2,16,18,19). The van der Waals surface area contributed by atoms with E-state index in [0.29, 0.717) is 5.56 Å². The summed E-state index contributed by atoms with van der Waals surface area (Å²) in [7, 11) is 0. The van der Waals surface area contributed by atoms with E-state index in [1.165, 1.54) is 0 Å². The van der Waals surface area contributed by atoms with Crippen molar-refractivity contribution >= 4 is 11.9 Å². The molecule has 1 heterocycles. The average molecular weight is 267 g/mol. The summed E-state index contributed by atoms with van der Waals surface area (Å²) in [5.74, 6) is -0.0709. The maximum atomic E-state index is 11.7.